The van der Waals surface area contributed by atoms with Crippen molar-refractivity contribution < 1.29 is 0 Å². The third-order valence-electron chi connectivity index (χ3n) is 4.54. The summed E-state index contributed by atoms with van der Waals surface area (Å²) in [6.07, 6.45) is 6.78. The second-order valence-electron chi connectivity index (χ2n) is 5.94. The van der Waals surface area contributed by atoms with Crippen LogP contribution < -0.4 is 16.2 Å². The molecule has 21 heavy (non-hydrogen) atoms. The van der Waals surface area contributed by atoms with Crippen molar-refractivity contribution in [1.29, 1.82) is 0 Å². The molecule has 2 aliphatic rings. The normalized spacial score (nSPS) is 21.0. The van der Waals surface area contributed by atoms with Gasteiger partial charge in [-0.05, 0) is 60.6 Å². The lowest BCUT2D eigenvalue weighted by Gasteiger charge is -2.35. The molecule has 0 radical (unpaired) electrons. The highest BCUT2D eigenvalue weighted by molar-refractivity contribution is 9.10. The van der Waals surface area contributed by atoms with Gasteiger partial charge in [-0.25, -0.2) is 15.8 Å². The molecule has 0 aliphatic carbocycles. The van der Waals surface area contributed by atoms with E-state index in [1.54, 1.807) is 6.33 Å². The molecule has 0 aromatic carbocycles. The minimum atomic E-state index is 0.638. The number of piperidine rings is 1. The van der Waals surface area contributed by atoms with E-state index in [-0.39, 0.29) is 0 Å². The Balaban J connectivity index is 1.58. The largest absolute Gasteiger partial charge is 0.355 e. The average Bonchev–Trinajstić information content (AvgIpc) is 3.01. The lowest BCUT2D eigenvalue weighted by atomic mass is 9.96. The van der Waals surface area contributed by atoms with E-state index in [9.17, 15) is 0 Å². The summed E-state index contributed by atoms with van der Waals surface area (Å²) in [4.78, 5) is 13.5. The molecule has 2 aliphatic heterocycles. The SMILES string of the molecule is NNc1ncnc(N2CCC(CN3CCCC3)CC2)c1Br. The Kier molecular flexibility index (Phi) is 4.92. The molecule has 0 spiro atoms. The van der Waals surface area contributed by atoms with E-state index in [0.29, 0.717) is 5.82 Å². The average molecular weight is 355 g/mol. The monoisotopic (exact) mass is 354 g/mol. The van der Waals surface area contributed by atoms with E-state index in [2.05, 4.69) is 41.1 Å². The second kappa shape index (κ2) is 6.89. The first-order valence-corrected chi connectivity index (χ1v) is 8.51. The number of nitrogens with one attached hydrogen (secondary N) is 1. The number of hydrogen-bond acceptors (Lipinski definition) is 6. The highest BCUT2D eigenvalue weighted by atomic mass is 79.9. The lowest BCUT2D eigenvalue weighted by molar-refractivity contribution is 0.249. The van der Waals surface area contributed by atoms with Crippen molar-refractivity contribution in [3.8, 4) is 0 Å². The molecule has 0 atom stereocenters. The Morgan fingerprint density at radius 2 is 1.90 bits per heavy atom. The third-order valence-corrected chi connectivity index (χ3v) is 5.27. The summed E-state index contributed by atoms with van der Waals surface area (Å²) in [6, 6.07) is 0. The first-order valence-electron chi connectivity index (χ1n) is 7.72. The number of anilines is 2. The van der Waals surface area contributed by atoms with Crippen molar-refractivity contribution in [1.82, 2.24) is 14.9 Å². The molecule has 3 heterocycles. The molecule has 6 nitrogen and oxygen atoms in total. The van der Waals surface area contributed by atoms with E-state index >= 15 is 0 Å². The molecule has 3 rings (SSSR count). The van der Waals surface area contributed by atoms with Gasteiger partial charge in [-0.15, -0.1) is 0 Å². The Bertz CT molecular complexity index is 469. The van der Waals surface area contributed by atoms with E-state index in [4.69, 9.17) is 5.84 Å². The minimum Gasteiger partial charge on any atom is -0.355 e. The highest BCUT2D eigenvalue weighted by Gasteiger charge is 2.25. The van der Waals surface area contributed by atoms with E-state index in [0.717, 1.165) is 29.3 Å². The summed E-state index contributed by atoms with van der Waals surface area (Å²) >= 11 is 3.55. The van der Waals surface area contributed by atoms with Gasteiger partial charge >= 0.3 is 0 Å². The minimum absolute atomic E-state index is 0.638. The van der Waals surface area contributed by atoms with Gasteiger partial charge in [0.1, 0.15) is 16.6 Å². The molecular formula is C14H23BrN6. The molecule has 0 amide bonds. The maximum atomic E-state index is 5.47. The molecule has 116 valence electrons. The number of aromatic nitrogens is 2. The molecule has 3 N–H and O–H groups in total. The molecular weight excluding hydrogens is 332 g/mol. The number of nitrogens with zero attached hydrogens (tertiary/aromatic N) is 4. The molecule has 0 unspecified atom stereocenters. The van der Waals surface area contributed by atoms with Gasteiger partial charge < -0.3 is 15.2 Å². The fourth-order valence-corrected chi connectivity index (χ4v) is 3.91. The molecule has 2 fully saturated rings. The van der Waals surface area contributed by atoms with E-state index in [1.165, 1.54) is 45.3 Å². The van der Waals surface area contributed by atoms with Gasteiger partial charge in [0.2, 0.25) is 0 Å². The first-order chi connectivity index (χ1) is 10.3. The van der Waals surface area contributed by atoms with Crippen LogP contribution in [0.5, 0.6) is 0 Å². The predicted molar refractivity (Wildman–Crippen MR) is 88.2 cm³/mol. The van der Waals surface area contributed by atoms with Crippen molar-refractivity contribution in [2.24, 2.45) is 11.8 Å². The fraction of sp³-hybridized carbons (Fsp3) is 0.714. The van der Waals surface area contributed by atoms with Gasteiger partial charge in [0.25, 0.3) is 0 Å². The Hall–Kier alpha value is -0.920. The summed E-state index contributed by atoms with van der Waals surface area (Å²) in [5.41, 5.74) is 2.60. The van der Waals surface area contributed by atoms with E-state index < -0.39 is 0 Å². The Labute approximate surface area is 134 Å². The Morgan fingerprint density at radius 1 is 1.19 bits per heavy atom. The predicted octanol–water partition coefficient (Wildman–Crippen LogP) is 1.84. The van der Waals surface area contributed by atoms with Gasteiger partial charge in [-0.3, -0.25) is 0 Å². The Morgan fingerprint density at radius 3 is 2.57 bits per heavy atom. The zero-order valence-electron chi connectivity index (χ0n) is 12.3. The van der Waals surface area contributed by atoms with Crippen LogP contribution in [-0.4, -0.2) is 47.6 Å². The van der Waals surface area contributed by atoms with Crippen molar-refractivity contribution in [2.75, 3.05) is 43.0 Å². The number of likely N-dealkylation sites (tertiary alicyclic amines) is 1. The van der Waals surface area contributed by atoms with Crippen LogP contribution >= 0.6 is 15.9 Å². The van der Waals surface area contributed by atoms with Gasteiger partial charge in [-0.2, -0.15) is 0 Å². The number of nitrogen functional groups attached to an aromatic ring is 1. The van der Waals surface area contributed by atoms with Crippen LogP contribution in [-0.2, 0) is 0 Å². The lowest BCUT2D eigenvalue weighted by Crippen LogP contribution is -2.38. The zero-order chi connectivity index (χ0) is 14.7. The van der Waals surface area contributed by atoms with Gasteiger partial charge in [0.05, 0.1) is 0 Å². The number of hydrazine groups is 1. The highest BCUT2D eigenvalue weighted by Crippen LogP contribution is 2.31. The van der Waals surface area contributed by atoms with Crippen LogP contribution in [0.15, 0.2) is 10.8 Å². The zero-order valence-corrected chi connectivity index (χ0v) is 13.8. The summed E-state index contributed by atoms with van der Waals surface area (Å²) in [6.45, 7) is 5.97. The first kappa shape index (κ1) is 15.0. The van der Waals surface area contributed by atoms with Gasteiger partial charge in [0.15, 0.2) is 5.82 Å². The maximum Gasteiger partial charge on any atom is 0.159 e. The third kappa shape index (κ3) is 3.46. The van der Waals surface area contributed by atoms with Crippen LogP contribution in [0.4, 0.5) is 11.6 Å². The molecule has 0 saturated carbocycles. The van der Waals surface area contributed by atoms with Crippen molar-refractivity contribution in [3.05, 3.63) is 10.8 Å². The molecule has 2 saturated heterocycles. The summed E-state index contributed by atoms with van der Waals surface area (Å²) < 4.78 is 0.852. The van der Waals surface area contributed by atoms with Crippen LogP contribution in [0.2, 0.25) is 0 Å². The van der Waals surface area contributed by atoms with Gasteiger partial charge in [0, 0.05) is 19.6 Å². The van der Waals surface area contributed by atoms with Crippen LogP contribution in [0.3, 0.4) is 0 Å². The van der Waals surface area contributed by atoms with Crippen LogP contribution in [0, 0.1) is 5.92 Å². The van der Waals surface area contributed by atoms with Crippen molar-refractivity contribution in [3.63, 3.8) is 0 Å². The standard InChI is InChI=1S/C14H23BrN6/c15-12-13(19-16)17-10-18-14(12)21-7-3-11(4-8-21)9-20-5-1-2-6-20/h10-11H,1-9,16H2,(H,17,18,19). The quantitative estimate of drug-likeness (QED) is 0.635. The number of halogens is 1. The summed E-state index contributed by atoms with van der Waals surface area (Å²) in [5.74, 6) is 7.87. The summed E-state index contributed by atoms with van der Waals surface area (Å²) in [7, 11) is 0. The fourth-order valence-electron chi connectivity index (χ4n) is 3.34. The van der Waals surface area contributed by atoms with E-state index in [1.807, 2.05) is 0 Å². The number of rotatable bonds is 4. The summed E-state index contributed by atoms with van der Waals surface area (Å²) in [5, 5.41) is 0. The van der Waals surface area contributed by atoms with Crippen LogP contribution in [0.25, 0.3) is 0 Å². The second-order valence-corrected chi connectivity index (χ2v) is 6.74. The molecule has 7 heteroatoms. The maximum absolute atomic E-state index is 5.47. The number of nitrogens with two attached hydrogens (primary N) is 1. The van der Waals surface area contributed by atoms with Crippen molar-refractivity contribution >= 4 is 27.6 Å². The topological polar surface area (TPSA) is 70.3 Å². The van der Waals surface area contributed by atoms with Crippen LogP contribution in [0.1, 0.15) is 25.7 Å². The number of hydrogen-bond donors (Lipinski definition) is 2. The molecule has 1 aromatic rings. The molecule has 0 bridgehead atoms. The van der Waals surface area contributed by atoms with Gasteiger partial charge in [-0.1, -0.05) is 0 Å². The van der Waals surface area contributed by atoms with Crippen molar-refractivity contribution in [2.45, 2.75) is 25.7 Å². The molecule has 1 aromatic heterocycles. The smallest absolute Gasteiger partial charge is 0.159 e.